The van der Waals surface area contributed by atoms with Crippen LogP contribution in [0.15, 0.2) is 66.9 Å². The van der Waals surface area contributed by atoms with Gasteiger partial charge in [0.2, 0.25) is 0 Å². The van der Waals surface area contributed by atoms with Crippen molar-refractivity contribution in [1.29, 1.82) is 5.26 Å². The van der Waals surface area contributed by atoms with E-state index < -0.39 is 0 Å². The van der Waals surface area contributed by atoms with Crippen LogP contribution in [-0.2, 0) is 0 Å². The summed E-state index contributed by atoms with van der Waals surface area (Å²) in [6.07, 6.45) is 1.86. The number of aryl methyl sites for hydroxylation is 1. The van der Waals surface area contributed by atoms with E-state index >= 15 is 0 Å². The first-order chi connectivity index (χ1) is 10.3. The first-order valence-corrected chi connectivity index (χ1v) is 6.82. The molecule has 0 aliphatic heterocycles. The predicted octanol–water partition coefficient (Wildman–Crippen LogP) is 4.60. The van der Waals surface area contributed by atoms with Crippen molar-refractivity contribution in [2.75, 3.05) is 0 Å². The number of nitriles is 1. The molecule has 0 saturated carbocycles. The molecule has 0 bridgehead atoms. The zero-order valence-electron chi connectivity index (χ0n) is 11.7. The second-order valence-corrected chi connectivity index (χ2v) is 4.85. The second-order valence-electron chi connectivity index (χ2n) is 4.85. The third-order valence-corrected chi connectivity index (χ3v) is 3.53. The van der Waals surface area contributed by atoms with Crippen LogP contribution in [-0.4, -0.2) is 4.98 Å². The van der Waals surface area contributed by atoms with Crippen LogP contribution < -0.4 is 0 Å². The molecule has 0 atom stereocenters. The van der Waals surface area contributed by atoms with Gasteiger partial charge < -0.3 is 0 Å². The molecule has 0 aliphatic rings. The molecule has 0 saturated heterocycles. The van der Waals surface area contributed by atoms with E-state index in [1.807, 2.05) is 73.8 Å². The Balaban J connectivity index is 2.35. The molecular formula is C19H14N2. The van der Waals surface area contributed by atoms with Gasteiger partial charge in [-0.15, -0.1) is 0 Å². The summed E-state index contributed by atoms with van der Waals surface area (Å²) < 4.78 is 0. The summed E-state index contributed by atoms with van der Waals surface area (Å²) >= 11 is 0. The lowest BCUT2D eigenvalue weighted by Gasteiger charge is -2.13. The van der Waals surface area contributed by atoms with Crippen molar-refractivity contribution in [3.05, 3.63) is 78.1 Å². The quantitative estimate of drug-likeness (QED) is 0.682. The average Bonchev–Trinajstić information content (AvgIpc) is 2.56. The summed E-state index contributed by atoms with van der Waals surface area (Å²) in [7, 11) is 0. The van der Waals surface area contributed by atoms with Crippen molar-refractivity contribution in [3.8, 4) is 28.3 Å². The highest BCUT2D eigenvalue weighted by molar-refractivity contribution is 5.87. The van der Waals surface area contributed by atoms with E-state index in [1.54, 1.807) is 0 Å². The normalized spacial score (nSPS) is 10.1. The number of pyridine rings is 1. The molecule has 3 aromatic rings. The van der Waals surface area contributed by atoms with Gasteiger partial charge in [0.15, 0.2) is 0 Å². The minimum absolute atomic E-state index is 0.641. The first kappa shape index (κ1) is 13.1. The molecular weight excluding hydrogens is 256 g/mol. The Hall–Kier alpha value is -2.92. The molecule has 1 aromatic heterocycles. The van der Waals surface area contributed by atoms with Crippen LogP contribution >= 0.6 is 0 Å². The number of benzene rings is 2. The Morgan fingerprint density at radius 2 is 1.43 bits per heavy atom. The van der Waals surface area contributed by atoms with Gasteiger partial charge in [-0.05, 0) is 18.1 Å². The number of nitrogens with zero attached hydrogens (tertiary/aromatic N) is 2. The van der Waals surface area contributed by atoms with Crippen LogP contribution in [0, 0.1) is 18.3 Å². The van der Waals surface area contributed by atoms with Crippen molar-refractivity contribution < 1.29 is 0 Å². The minimum atomic E-state index is 0.641. The monoisotopic (exact) mass is 270 g/mol. The van der Waals surface area contributed by atoms with E-state index in [9.17, 15) is 5.26 Å². The van der Waals surface area contributed by atoms with Gasteiger partial charge in [0.25, 0.3) is 0 Å². The molecule has 0 unspecified atom stereocenters. The third kappa shape index (κ3) is 2.42. The van der Waals surface area contributed by atoms with E-state index in [0.717, 1.165) is 27.9 Å². The maximum Gasteiger partial charge on any atom is 0.102 e. The molecule has 0 spiro atoms. The van der Waals surface area contributed by atoms with E-state index in [2.05, 4.69) is 11.1 Å². The molecule has 0 radical (unpaired) electrons. The molecule has 2 aromatic carbocycles. The average molecular weight is 270 g/mol. The second kappa shape index (κ2) is 5.60. The summed E-state index contributed by atoms with van der Waals surface area (Å²) in [5, 5.41) is 9.54. The SMILES string of the molecule is Cc1ncc(-c2ccccc2)c(-c2ccccc2)c1C#N. The van der Waals surface area contributed by atoms with Gasteiger partial charge >= 0.3 is 0 Å². The van der Waals surface area contributed by atoms with E-state index in [4.69, 9.17) is 0 Å². The summed E-state index contributed by atoms with van der Waals surface area (Å²) in [6, 6.07) is 22.4. The fourth-order valence-corrected chi connectivity index (χ4v) is 2.48. The lowest BCUT2D eigenvalue weighted by atomic mass is 9.91. The highest BCUT2D eigenvalue weighted by Crippen LogP contribution is 2.35. The van der Waals surface area contributed by atoms with Gasteiger partial charge in [0.05, 0.1) is 11.3 Å². The summed E-state index contributed by atoms with van der Waals surface area (Å²) in [5.74, 6) is 0. The van der Waals surface area contributed by atoms with Gasteiger partial charge in [-0.1, -0.05) is 60.7 Å². The van der Waals surface area contributed by atoms with Crippen molar-refractivity contribution in [3.63, 3.8) is 0 Å². The number of hydrogen-bond donors (Lipinski definition) is 0. The van der Waals surface area contributed by atoms with Crippen molar-refractivity contribution in [2.45, 2.75) is 6.92 Å². The van der Waals surface area contributed by atoms with Crippen molar-refractivity contribution in [2.24, 2.45) is 0 Å². The van der Waals surface area contributed by atoms with E-state index in [0.29, 0.717) is 5.56 Å². The predicted molar refractivity (Wildman–Crippen MR) is 84.6 cm³/mol. The standard InChI is InChI=1S/C19H14N2/c1-14-17(12-20)19(16-10-6-3-7-11-16)18(13-21-14)15-8-4-2-5-9-15/h2-11,13H,1H3. The van der Waals surface area contributed by atoms with Crippen molar-refractivity contribution >= 4 is 0 Å². The van der Waals surface area contributed by atoms with Crippen LogP contribution in [0.3, 0.4) is 0 Å². The molecule has 2 nitrogen and oxygen atoms in total. The molecule has 0 aliphatic carbocycles. The van der Waals surface area contributed by atoms with Gasteiger partial charge in [0, 0.05) is 17.3 Å². The van der Waals surface area contributed by atoms with Gasteiger partial charge in [-0.25, -0.2) is 0 Å². The van der Waals surface area contributed by atoms with Crippen LogP contribution in [0.1, 0.15) is 11.3 Å². The lowest BCUT2D eigenvalue weighted by molar-refractivity contribution is 1.18. The zero-order valence-corrected chi connectivity index (χ0v) is 11.7. The van der Waals surface area contributed by atoms with Crippen LogP contribution in [0.2, 0.25) is 0 Å². The summed E-state index contributed by atoms with van der Waals surface area (Å²) in [4.78, 5) is 4.39. The zero-order chi connectivity index (χ0) is 14.7. The summed E-state index contributed by atoms with van der Waals surface area (Å²) in [5.41, 5.74) is 5.46. The molecule has 100 valence electrons. The smallest absolute Gasteiger partial charge is 0.102 e. The number of hydrogen-bond acceptors (Lipinski definition) is 2. The van der Waals surface area contributed by atoms with Gasteiger partial charge in [0.1, 0.15) is 6.07 Å². The Morgan fingerprint density at radius 3 is 2.00 bits per heavy atom. The van der Waals surface area contributed by atoms with Gasteiger partial charge in [-0.3, -0.25) is 4.98 Å². The summed E-state index contributed by atoms with van der Waals surface area (Å²) in [6.45, 7) is 1.87. The molecule has 3 rings (SSSR count). The van der Waals surface area contributed by atoms with E-state index in [-0.39, 0.29) is 0 Å². The number of rotatable bonds is 2. The molecule has 0 fully saturated rings. The Morgan fingerprint density at radius 1 is 0.857 bits per heavy atom. The Kier molecular flexibility index (Phi) is 3.49. The fraction of sp³-hybridized carbons (Fsp3) is 0.0526. The largest absolute Gasteiger partial charge is 0.260 e. The van der Waals surface area contributed by atoms with Crippen LogP contribution in [0.4, 0.5) is 0 Å². The third-order valence-electron chi connectivity index (χ3n) is 3.53. The first-order valence-electron chi connectivity index (χ1n) is 6.82. The minimum Gasteiger partial charge on any atom is -0.260 e. The van der Waals surface area contributed by atoms with Crippen LogP contribution in [0.5, 0.6) is 0 Å². The molecule has 0 amide bonds. The maximum atomic E-state index is 9.54. The topological polar surface area (TPSA) is 36.7 Å². The van der Waals surface area contributed by atoms with Gasteiger partial charge in [-0.2, -0.15) is 5.26 Å². The Bertz CT molecular complexity index is 800. The Labute approximate surface area is 124 Å². The fourth-order valence-electron chi connectivity index (χ4n) is 2.48. The molecule has 21 heavy (non-hydrogen) atoms. The molecule has 1 heterocycles. The molecule has 0 N–H and O–H groups in total. The lowest BCUT2D eigenvalue weighted by Crippen LogP contribution is -1.96. The highest BCUT2D eigenvalue weighted by Gasteiger charge is 2.15. The maximum absolute atomic E-state index is 9.54. The van der Waals surface area contributed by atoms with Crippen molar-refractivity contribution in [1.82, 2.24) is 4.98 Å². The highest BCUT2D eigenvalue weighted by atomic mass is 14.7. The van der Waals surface area contributed by atoms with Crippen LogP contribution in [0.25, 0.3) is 22.3 Å². The number of aromatic nitrogens is 1. The van der Waals surface area contributed by atoms with E-state index in [1.165, 1.54) is 0 Å². The molecule has 2 heteroatoms.